The van der Waals surface area contributed by atoms with E-state index in [1.54, 1.807) is 0 Å². The number of hydrogen-bond donors (Lipinski definition) is 0. The molecule has 2 rings (SSSR count). The van der Waals surface area contributed by atoms with Gasteiger partial charge in [0.1, 0.15) is 0 Å². The molecule has 0 radical (unpaired) electrons. The van der Waals surface area contributed by atoms with Crippen LogP contribution in [0.25, 0.3) is 0 Å². The summed E-state index contributed by atoms with van der Waals surface area (Å²) < 4.78 is 0. The summed E-state index contributed by atoms with van der Waals surface area (Å²) in [7, 11) is 0. The van der Waals surface area contributed by atoms with Crippen LogP contribution in [0.15, 0.2) is 24.3 Å². The Morgan fingerprint density at radius 3 is 2.63 bits per heavy atom. The van der Waals surface area contributed by atoms with Crippen molar-refractivity contribution >= 4 is 17.5 Å². The molecule has 0 aliphatic carbocycles. The third kappa shape index (κ3) is 3.50. The number of carbonyl (C=O) groups excluding carboxylic acids is 1. The second-order valence-corrected chi connectivity index (χ2v) is 5.52. The second-order valence-electron chi connectivity index (χ2n) is 5.21. The van der Waals surface area contributed by atoms with Gasteiger partial charge in [0, 0.05) is 24.0 Å². The lowest BCUT2D eigenvalue weighted by Gasteiger charge is -2.28. The molecule has 0 aromatic heterocycles. The minimum Gasteiger partial charge on any atom is -0.334 e. The minimum absolute atomic E-state index is 0.134. The highest BCUT2D eigenvalue weighted by molar-refractivity contribution is 6.18. The quantitative estimate of drug-likeness (QED) is 0.769. The predicted molar refractivity (Wildman–Crippen MR) is 79.8 cm³/mol. The number of amides is 1. The molecule has 1 aliphatic heterocycles. The van der Waals surface area contributed by atoms with E-state index in [1.807, 2.05) is 29.2 Å². The summed E-state index contributed by atoms with van der Waals surface area (Å²) in [5.74, 6) is 0.675. The van der Waals surface area contributed by atoms with E-state index in [9.17, 15) is 4.79 Å². The van der Waals surface area contributed by atoms with Crippen LogP contribution in [0.5, 0.6) is 0 Å². The van der Waals surface area contributed by atoms with Crippen LogP contribution in [0.2, 0.25) is 0 Å². The van der Waals surface area contributed by atoms with Crippen LogP contribution >= 0.6 is 11.6 Å². The monoisotopic (exact) mass is 279 g/mol. The number of benzene rings is 1. The van der Waals surface area contributed by atoms with E-state index in [0.717, 1.165) is 31.4 Å². The first-order valence-electron chi connectivity index (χ1n) is 7.22. The first-order valence-corrected chi connectivity index (χ1v) is 7.75. The number of likely N-dealkylation sites (tertiary alicyclic amines) is 1. The Hall–Kier alpha value is -1.02. The minimum atomic E-state index is 0.134. The third-order valence-electron chi connectivity index (χ3n) is 3.93. The lowest BCUT2D eigenvalue weighted by Crippen LogP contribution is -2.41. The van der Waals surface area contributed by atoms with Crippen molar-refractivity contribution in [2.75, 3.05) is 12.4 Å². The van der Waals surface area contributed by atoms with Crippen molar-refractivity contribution < 1.29 is 4.79 Å². The average molecular weight is 280 g/mol. The fourth-order valence-electron chi connectivity index (χ4n) is 2.65. The van der Waals surface area contributed by atoms with Gasteiger partial charge in [0.2, 0.25) is 0 Å². The molecular formula is C16H22ClNO. The number of hydrogen-bond acceptors (Lipinski definition) is 1. The van der Waals surface area contributed by atoms with Crippen LogP contribution in [0.3, 0.4) is 0 Å². The van der Waals surface area contributed by atoms with Crippen LogP contribution in [0.1, 0.15) is 48.5 Å². The molecule has 104 valence electrons. The van der Waals surface area contributed by atoms with Crippen LogP contribution in [0, 0.1) is 0 Å². The van der Waals surface area contributed by atoms with E-state index >= 15 is 0 Å². The number of rotatable bonds is 3. The first-order chi connectivity index (χ1) is 9.26. The second kappa shape index (κ2) is 6.95. The molecule has 0 saturated carbocycles. The van der Waals surface area contributed by atoms with Crippen LogP contribution in [0.4, 0.5) is 0 Å². The van der Waals surface area contributed by atoms with Crippen molar-refractivity contribution in [3.8, 4) is 0 Å². The lowest BCUT2D eigenvalue weighted by atomic mass is 10.1. The maximum Gasteiger partial charge on any atom is 0.254 e. The van der Waals surface area contributed by atoms with Crippen molar-refractivity contribution in [3.05, 3.63) is 35.4 Å². The number of aryl methyl sites for hydroxylation is 1. The number of nitrogens with zero attached hydrogens (tertiary/aromatic N) is 1. The Kier molecular flexibility index (Phi) is 5.26. The molecule has 19 heavy (non-hydrogen) atoms. The Morgan fingerprint density at radius 1 is 1.26 bits per heavy atom. The maximum atomic E-state index is 12.6. The Labute approximate surface area is 120 Å². The Morgan fingerprint density at radius 2 is 2.00 bits per heavy atom. The lowest BCUT2D eigenvalue weighted by molar-refractivity contribution is 0.0700. The number of carbonyl (C=O) groups is 1. The molecule has 1 aromatic carbocycles. The van der Waals surface area contributed by atoms with Gasteiger partial charge in [-0.25, -0.2) is 0 Å². The molecule has 1 fully saturated rings. The van der Waals surface area contributed by atoms with Crippen molar-refractivity contribution in [1.82, 2.24) is 4.90 Å². The van der Waals surface area contributed by atoms with E-state index in [0.29, 0.717) is 5.88 Å². The highest BCUT2D eigenvalue weighted by atomic mass is 35.5. The summed E-state index contributed by atoms with van der Waals surface area (Å²) in [6, 6.07) is 8.17. The molecule has 2 nitrogen and oxygen atoms in total. The van der Waals surface area contributed by atoms with Gasteiger partial charge in [-0.05, 0) is 37.0 Å². The topological polar surface area (TPSA) is 20.3 Å². The maximum absolute atomic E-state index is 12.6. The van der Waals surface area contributed by atoms with Gasteiger partial charge < -0.3 is 4.90 Å². The van der Waals surface area contributed by atoms with Gasteiger partial charge in [-0.15, -0.1) is 11.6 Å². The summed E-state index contributed by atoms with van der Waals surface area (Å²) in [5, 5.41) is 0. The van der Waals surface area contributed by atoms with E-state index < -0.39 is 0 Å². The Balaban J connectivity index is 2.15. The molecule has 1 atom stereocenters. The van der Waals surface area contributed by atoms with Gasteiger partial charge in [0.25, 0.3) is 5.91 Å². The predicted octanol–water partition coefficient (Wildman–Crippen LogP) is 3.87. The Bertz CT molecular complexity index is 415. The number of halogens is 1. The van der Waals surface area contributed by atoms with Gasteiger partial charge in [-0.1, -0.05) is 31.9 Å². The molecule has 3 heteroatoms. The summed E-state index contributed by atoms with van der Waals surface area (Å²) in [5.41, 5.74) is 2.05. The molecule has 1 aromatic rings. The van der Waals surface area contributed by atoms with Gasteiger partial charge in [0.15, 0.2) is 0 Å². The fourth-order valence-corrected chi connectivity index (χ4v) is 2.97. The van der Waals surface area contributed by atoms with Gasteiger partial charge in [-0.3, -0.25) is 4.79 Å². The van der Waals surface area contributed by atoms with Crippen molar-refractivity contribution in [2.24, 2.45) is 0 Å². The van der Waals surface area contributed by atoms with E-state index in [-0.39, 0.29) is 11.9 Å². The summed E-state index contributed by atoms with van der Waals surface area (Å²) in [4.78, 5) is 14.6. The van der Waals surface area contributed by atoms with Crippen molar-refractivity contribution in [1.29, 1.82) is 0 Å². The van der Waals surface area contributed by atoms with E-state index in [1.165, 1.54) is 18.4 Å². The molecule has 1 aliphatic rings. The summed E-state index contributed by atoms with van der Waals surface area (Å²) in [6.07, 6.45) is 5.50. The smallest absolute Gasteiger partial charge is 0.254 e. The summed E-state index contributed by atoms with van der Waals surface area (Å²) in [6.45, 7) is 2.96. The summed E-state index contributed by atoms with van der Waals surface area (Å²) >= 11 is 6.03. The zero-order valence-electron chi connectivity index (χ0n) is 11.6. The standard InChI is InChI=1S/C16H22ClNO/c1-2-13-7-9-14(10-8-13)16(19)18-11-5-3-4-6-15(18)12-17/h7-10,15H,2-6,11-12H2,1H3. The highest BCUT2D eigenvalue weighted by Crippen LogP contribution is 2.20. The molecule has 1 saturated heterocycles. The normalized spacial score (nSPS) is 20.1. The molecule has 0 bridgehead atoms. The fraction of sp³-hybridized carbons (Fsp3) is 0.562. The number of alkyl halides is 1. The molecule has 1 heterocycles. The average Bonchev–Trinajstić information content (AvgIpc) is 2.71. The zero-order chi connectivity index (χ0) is 13.7. The largest absolute Gasteiger partial charge is 0.334 e. The molecule has 0 N–H and O–H groups in total. The van der Waals surface area contributed by atoms with Crippen molar-refractivity contribution in [3.63, 3.8) is 0 Å². The van der Waals surface area contributed by atoms with Crippen LogP contribution in [-0.2, 0) is 6.42 Å². The van der Waals surface area contributed by atoms with Gasteiger partial charge in [0.05, 0.1) is 0 Å². The molecular weight excluding hydrogens is 258 g/mol. The molecule has 1 unspecified atom stereocenters. The molecule has 1 amide bonds. The van der Waals surface area contributed by atoms with Gasteiger partial charge in [-0.2, -0.15) is 0 Å². The van der Waals surface area contributed by atoms with Crippen LogP contribution < -0.4 is 0 Å². The highest BCUT2D eigenvalue weighted by Gasteiger charge is 2.25. The molecule has 0 spiro atoms. The van der Waals surface area contributed by atoms with E-state index in [2.05, 4.69) is 6.92 Å². The first kappa shape index (κ1) is 14.4. The zero-order valence-corrected chi connectivity index (χ0v) is 12.3. The van der Waals surface area contributed by atoms with E-state index in [4.69, 9.17) is 11.6 Å². The third-order valence-corrected chi connectivity index (χ3v) is 4.28. The van der Waals surface area contributed by atoms with Crippen molar-refractivity contribution in [2.45, 2.75) is 45.1 Å². The van der Waals surface area contributed by atoms with Gasteiger partial charge >= 0.3 is 0 Å². The van der Waals surface area contributed by atoms with Crippen LogP contribution in [-0.4, -0.2) is 29.3 Å². The SMILES string of the molecule is CCc1ccc(C(=O)N2CCCCCC2CCl)cc1.